The molecule has 2 fully saturated rings. The molecule has 0 N–H and O–H groups in total. The van der Waals surface area contributed by atoms with Crippen LogP contribution in [0.2, 0.25) is 0 Å². The first-order valence-electron chi connectivity index (χ1n) is 8.70. The second-order valence-electron chi connectivity index (χ2n) is 6.51. The Labute approximate surface area is 146 Å². The molecule has 8 nitrogen and oxygen atoms in total. The van der Waals surface area contributed by atoms with Gasteiger partial charge in [0.1, 0.15) is 18.2 Å². The summed E-state index contributed by atoms with van der Waals surface area (Å²) in [6, 6.07) is 1.93. The summed E-state index contributed by atoms with van der Waals surface area (Å²) in [7, 11) is 0. The smallest absolute Gasteiger partial charge is 0.251 e. The molecule has 2 aliphatic heterocycles. The van der Waals surface area contributed by atoms with Crippen molar-refractivity contribution in [2.45, 2.75) is 25.9 Å². The Morgan fingerprint density at radius 1 is 1.20 bits per heavy atom. The zero-order valence-corrected chi connectivity index (χ0v) is 14.3. The van der Waals surface area contributed by atoms with Crippen molar-refractivity contribution in [2.75, 3.05) is 37.7 Å². The van der Waals surface area contributed by atoms with Crippen molar-refractivity contribution in [1.29, 1.82) is 0 Å². The van der Waals surface area contributed by atoms with Crippen molar-refractivity contribution in [3.63, 3.8) is 0 Å². The van der Waals surface area contributed by atoms with E-state index in [0.717, 1.165) is 43.1 Å². The van der Waals surface area contributed by atoms with Crippen LogP contribution in [0, 0.1) is 6.92 Å². The summed E-state index contributed by atoms with van der Waals surface area (Å²) < 4.78 is 7.26. The summed E-state index contributed by atoms with van der Waals surface area (Å²) in [5.74, 6) is 1.74. The number of hydrogen-bond acceptors (Lipinski definition) is 6. The van der Waals surface area contributed by atoms with Gasteiger partial charge in [-0.3, -0.25) is 4.79 Å². The third kappa shape index (κ3) is 3.34. The monoisotopic (exact) mass is 342 g/mol. The van der Waals surface area contributed by atoms with Crippen LogP contribution in [0.1, 0.15) is 18.4 Å². The van der Waals surface area contributed by atoms with E-state index in [-0.39, 0.29) is 12.0 Å². The summed E-state index contributed by atoms with van der Waals surface area (Å²) in [6.45, 7) is 5.60. The number of anilines is 1. The summed E-state index contributed by atoms with van der Waals surface area (Å²) in [6.07, 6.45) is 6.89. The Morgan fingerprint density at radius 3 is 2.68 bits per heavy atom. The van der Waals surface area contributed by atoms with E-state index in [1.165, 1.54) is 0 Å². The van der Waals surface area contributed by atoms with Crippen molar-refractivity contribution in [1.82, 2.24) is 24.6 Å². The molecule has 1 amide bonds. The van der Waals surface area contributed by atoms with E-state index < -0.39 is 0 Å². The van der Waals surface area contributed by atoms with Gasteiger partial charge in [0.2, 0.25) is 0 Å². The molecule has 2 aromatic rings. The Kier molecular flexibility index (Phi) is 4.35. The van der Waals surface area contributed by atoms with E-state index in [2.05, 4.69) is 20.0 Å². The quantitative estimate of drug-likeness (QED) is 0.821. The first-order valence-corrected chi connectivity index (χ1v) is 8.70. The number of carbonyl (C=O) groups excluding carboxylic acids is 1. The molecule has 1 atom stereocenters. The number of hydrogen-bond donors (Lipinski definition) is 0. The lowest BCUT2D eigenvalue weighted by atomic mass is 10.2. The largest absolute Gasteiger partial charge is 0.368 e. The summed E-state index contributed by atoms with van der Waals surface area (Å²) in [5, 5.41) is 4.29. The number of nitrogens with zero attached hydrogens (tertiary/aromatic N) is 6. The number of ether oxygens (including phenoxy) is 1. The molecule has 0 bridgehead atoms. The van der Waals surface area contributed by atoms with E-state index in [1.54, 1.807) is 17.2 Å². The highest BCUT2D eigenvalue weighted by Gasteiger charge is 2.30. The van der Waals surface area contributed by atoms with Crippen molar-refractivity contribution in [2.24, 2.45) is 0 Å². The van der Waals surface area contributed by atoms with Gasteiger partial charge in [0.25, 0.3) is 5.91 Å². The number of rotatable bonds is 3. The molecular formula is C17H22N6O2. The summed E-state index contributed by atoms with van der Waals surface area (Å²) >= 11 is 0. The number of carbonyl (C=O) groups is 1. The molecule has 132 valence electrons. The maximum atomic E-state index is 12.4. The van der Waals surface area contributed by atoms with E-state index in [0.29, 0.717) is 19.7 Å². The second kappa shape index (κ2) is 6.79. The topological polar surface area (TPSA) is 76.4 Å². The van der Waals surface area contributed by atoms with Gasteiger partial charge in [0.15, 0.2) is 5.82 Å². The fraction of sp³-hybridized carbons (Fsp3) is 0.529. The van der Waals surface area contributed by atoms with E-state index in [1.807, 2.05) is 24.1 Å². The van der Waals surface area contributed by atoms with Crippen LogP contribution in [0.25, 0.3) is 5.82 Å². The van der Waals surface area contributed by atoms with E-state index in [4.69, 9.17) is 4.74 Å². The molecule has 2 aromatic heterocycles. The molecular weight excluding hydrogens is 320 g/mol. The van der Waals surface area contributed by atoms with Crippen molar-refractivity contribution in [3.05, 3.63) is 30.4 Å². The van der Waals surface area contributed by atoms with Crippen molar-refractivity contribution in [3.8, 4) is 5.82 Å². The minimum Gasteiger partial charge on any atom is -0.368 e. The zero-order valence-electron chi connectivity index (χ0n) is 14.3. The SMILES string of the molecule is Cc1cnn(-c2cc(N3CCN(C(=O)C4CCCO4)CC3)ncn2)c1. The number of aryl methyl sites for hydroxylation is 1. The van der Waals surface area contributed by atoms with Crippen LogP contribution in [0.4, 0.5) is 5.82 Å². The molecule has 0 spiro atoms. The van der Waals surface area contributed by atoms with Gasteiger partial charge in [0.05, 0.1) is 6.20 Å². The summed E-state index contributed by atoms with van der Waals surface area (Å²) in [4.78, 5) is 25.2. The highest BCUT2D eigenvalue weighted by molar-refractivity contribution is 5.81. The molecule has 0 aromatic carbocycles. The lowest BCUT2D eigenvalue weighted by molar-refractivity contribution is -0.141. The fourth-order valence-electron chi connectivity index (χ4n) is 3.31. The Balaban J connectivity index is 1.41. The maximum Gasteiger partial charge on any atom is 0.251 e. The third-order valence-corrected chi connectivity index (χ3v) is 4.71. The third-order valence-electron chi connectivity index (χ3n) is 4.71. The minimum atomic E-state index is -0.236. The number of piperazine rings is 1. The highest BCUT2D eigenvalue weighted by Crippen LogP contribution is 2.19. The van der Waals surface area contributed by atoms with Gasteiger partial charge >= 0.3 is 0 Å². The van der Waals surface area contributed by atoms with Gasteiger partial charge in [-0.15, -0.1) is 0 Å². The van der Waals surface area contributed by atoms with Crippen LogP contribution >= 0.6 is 0 Å². The van der Waals surface area contributed by atoms with Crippen LogP contribution in [-0.4, -0.2) is 69.4 Å². The first-order chi connectivity index (χ1) is 12.2. The van der Waals surface area contributed by atoms with Crippen molar-refractivity contribution < 1.29 is 9.53 Å². The Bertz CT molecular complexity index is 747. The maximum absolute atomic E-state index is 12.4. The molecule has 1 unspecified atom stereocenters. The lowest BCUT2D eigenvalue weighted by Gasteiger charge is -2.36. The molecule has 0 radical (unpaired) electrons. The van der Waals surface area contributed by atoms with Gasteiger partial charge in [-0.2, -0.15) is 5.10 Å². The van der Waals surface area contributed by atoms with Gasteiger partial charge in [-0.25, -0.2) is 14.6 Å². The predicted molar refractivity (Wildman–Crippen MR) is 91.7 cm³/mol. The van der Waals surface area contributed by atoms with E-state index in [9.17, 15) is 4.79 Å². The van der Waals surface area contributed by atoms with Crippen molar-refractivity contribution >= 4 is 11.7 Å². The van der Waals surface area contributed by atoms with Crippen LogP contribution in [-0.2, 0) is 9.53 Å². The molecule has 0 saturated carbocycles. The van der Waals surface area contributed by atoms with Crippen LogP contribution in [0.3, 0.4) is 0 Å². The van der Waals surface area contributed by atoms with Crippen LogP contribution < -0.4 is 4.90 Å². The highest BCUT2D eigenvalue weighted by atomic mass is 16.5. The zero-order chi connectivity index (χ0) is 17.2. The van der Waals surface area contributed by atoms with Crippen LogP contribution in [0.15, 0.2) is 24.8 Å². The van der Waals surface area contributed by atoms with Gasteiger partial charge < -0.3 is 14.5 Å². The molecule has 4 rings (SSSR count). The molecule has 2 saturated heterocycles. The molecule has 8 heteroatoms. The van der Waals surface area contributed by atoms with Crippen LogP contribution in [0.5, 0.6) is 0 Å². The average Bonchev–Trinajstić information content (AvgIpc) is 3.33. The molecule has 4 heterocycles. The normalized spacial score (nSPS) is 20.9. The average molecular weight is 342 g/mol. The number of amides is 1. The standard InChI is InChI=1S/C17H22N6O2/c1-13-10-20-23(11-13)16-9-15(18-12-19-16)21-4-6-22(7-5-21)17(24)14-3-2-8-25-14/h9-12,14H,2-8H2,1H3. The molecule has 25 heavy (non-hydrogen) atoms. The fourth-order valence-corrected chi connectivity index (χ4v) is 3.31. The van der Waals surface area contributed by atoms with Gasteiger partial charge in [-0.05, 0) is 25.3 Å². The summed E-state index contributed by atoms with van der Waals surface area (Å²) in [5.41, 5.74) is 1.08. The predicted octanol–water partition coefficient (Wildman–Crippen LogP) is 0.798. The minimum absolute atomic E-state index is 0.132. The lowest BCUT2D eigenvalue weighted by Crippen LogP contribution is -2.51. The van der Waals surface area contributed by atoms with E-state index >= 15 is 0 Å². The number of aromatic nitrogens is 4. The second-order valence-corrected chi connectivity index (χ2v) is 6.51. The van der Waals surface area contributed by atoms with Gasteiger partial charge in [0, 0.05) is 45.0 Å². The molecule has 0 aliphatic carbocycles. The Morgan fingerprint density at radius 2 is 2.00 bits per heavy atom. The molecule has 2 aliphatic rings. The first kappa shape index (κ1) is 16.0. The van der Waals surface area contributed by atoms with Gasteiger partial charge in [-0.1, -0.05) is 0 Å². The Hall–Kier alpha value is -2.48.